The Labute approximate surface area is 186 Å². The number of hydrogen-bond acceptors (Lipinski definition) is 7. The lowest BCUT2D eigenvalue weighted by Crippen LogP contribution is -2.13. The van der Waals surface area contributed by atoms with Gasteiger partial charge in [-0.1, -0.05) is 0 Å². The topological polar surface area (TPSA) is 117 Å². The Morgan fingerprint density at radius 3 is 2.34 bits per heavy atom. The molecule has 0 spiro atoms. The van der Waals surface area contributed by atoms with Crippen molar-refractivity contribution >= 4 is 15.7 Å². The van der Waals surface area contributed by atoms with Gasteiger partial charge in [-0.2, -0.15) is 8.42 Å². The molecule has 4 rings (SSSR count). The maximum Gasteiger partial charge on any atom is 0.280 e. The van der Waals surface area contributed by atoms with Crippen LogP contribution in [0.5, 0.6) is 11.6 Å². The molecule has 3 aromatic heterocycles. The van der Waals surface area contributed by atoms with E-state index in [1.807, 2.05) is 25.3 Å². The molecule has 166 valence electrons. The number of rotatable bonds is 7. The molecule has 1 N–H and O–H groups in total. The number of imidazole rings is 2. The summed E-state index contributed by atoms with van der Waals surface area (Å²) in [4.78, 5) is 8.38. The maximum atomic E-state index is 12.6. The van der Waals surface area contributed by atoms with Crippen LogP contribution in [0.25, 0.3) is 5.82 Å². The molecule has 11 heteroatoms. The summed E-state index contributed by atoms with van der Waals surface area (Å²) in [5.74, 6) is 2.09. The Hall–Kier alpha value is -3.73. The van der Waals surface area contributed by atoms with Crippen LogP contribution in [0.3, 0.4) is 0 Å². The van der Waals surface area contributed by atoms with Gasteiger partial charge in [-0.05, 0) is 58.0 Å². The Balaban J connectivity index is 1.44. The molecule has 0 unspecified atom stereocenters. The molecule has 0 atom stereocenters. The van der Waals surface area contributed by atoms with Crippen molar-refractivity contribution in [1.82, 2.24) is 29.3 Å². The zero-order valence-electron chi connectivity index (χ0n) is 18.1. The lowest BCUT2D eigenvalue weighted by Gasteiger charge is -2.08. The minimum Gasteiger partial charge on any atom is -0.438 e. The molecule has 1 aromatic carbocycles. The SMILES string of the molecule is CCn1cc(S(=O)(=O)Nc2ccc(Oc3ccc(-n4cnc(C)c4C)nn3)cc2)nc1C. The van der Waals surface area contributed by atoms with Gasteiger partial charge in [0.2, 0.25) is 5.88 Å². The van der Waals surface area contributed by atoms with E-state index in [4.69, 9.17) is 4.74 Å². The first-order valence-electron chi connectivity index (χ1n) is 9.96. The van der Waals surface area contributed by atoms with E-state index < -0.39 is 10.0 Å². The van der Waals surface area contributed by atoms with E-state index in [0.717, 1.165) is 11.4 Å². The van der Waals surface area contributed by atoms with Crippen molar-refractivity contribution < 1.29 is 13.2 Å². The third kappa shape index (κ3) is 4.33. The van der Waals surface area contributed by atoms with E-state index in [-0.39, 0.29) is 5.03 Å². The van der Waals surface area contributed by atoms with E-state index in [1.54, 1.807) is 54.2 Å². The smallest absolute Gasteiger partial charge is 0.280 e. The second-order valence-corrected chi connectivity index (χ2v) is 8.79. The van der Waals surface area contributed by atoms with Crippen LogP contribution in [0, 0.1) is 20.8 Å². The third-order valence-corrected chi connectivity index (χ3v) is 6.28. The molecular weight excluding hydrogens is 430 g/mol. The van der Waals surface area contributed by atoms with Gasteiger partial charge in [0.1, 0.15) is 17.9 Å². The molecule has 0 radical (unpaired) electrons. The van der Waals surface area contributed by atoms with Gasteiger partial charge in [0.05, 0.1) is 5.69 Å². The van der Waals surface area contributed by atoms with Crippen molar-refractivity contribution in [2.45, 2.75) is 39.3 Å². The molecule has 0 aliphatic carbocycles. The van der Waals surface area contributed by atoms with E-state index in [1.165, 1.54) is 6.20 Å². The van der Waals surface area contributed by atoms with Gasteiger partial charge in [-0.25, -0.2) is 9.97 Å². The van der Waals surface area contributed by atoms with Gasteiger partial charge in [0, 0.05) is 30.2 Å². The van der Waals surface area contributed by atoms with E-state index >= 15 is 0 Å². The minimum atomic E-state index is -3.78. The molecular formula is C21H23N7O3S. The summed E-state index contributed by atoms with van der Waals surface area (Å²) in [5, 5.41) is 8.26. The Morgan fingerprint density at radius 1 is 1.03 bits per heavy atom. The molecule has 0 bridgehead atoms. The van der Waals surface area contributed by atoms with Crippen molar-refractivity contribution in [1.29, 1.82) is 0 Å². The molecule has 0 aliphatic rings. The fourth-order valence-corrected chi connectivity index (χ4v) is 4.14. The molecule has 0 saturated carbocycles. The zero-order valence-corrected chi connectivity index (χ0v) is 19.0. The highest BCUT2D eigenvalue weighted by molar-refractivity contribution is 7.92. The lowest BCUT2D eigenvalue weighted by molar-refractivity contribution is 0.454. The Kier molecular flexibility index (Phi) is 5.66. The largest absolute Gasteiger partial charge is 0.438 e. The van der Waals surface area contributed by atoms with Crippen LogP contribution in [0.15, 0.2) is 53.9 Å². The third-order valence-electron chi connectivity index (χ3n) is 5.02. The average molecular weight is 454 g/mol. The molecule has 4 aromatic rings. The number of benzene rings is 1. The lowest BCUT2D eigenvalue weighted by atomic mass is 10.3. The van der Waals surface area contributed by atoms with Crippen molar-refractivity contribution in [3.8, 4) is 17.4 Å². The van der Waals surface area contributed by atoms with Gasteiger partial charge >= 0.3 is 0 Å². The number of nitrogens with zero attached hydrogens (tertiary/aromatic N) is 6. The standard InChI is InChI=1S/C21H23N7O3S/c1-5-27-12-21(23-16(27)4)32(29,30)26-17-6-8-18(9-7-17)31-20-11-10-19(24-25-20)28-13-22-14(2)15(28)3/h6-13,26H,5H2,1-4H3. The van der Waals surface area contributed by atoms with Crippen molar-refractivity contribution in [3.05, 3.63) is 66.1 Å². The summed E-state index contributed by atoms with van der Waals surface area (Å²) in [6.07, 6.45) is 3.22. The average Bonchev–Trinajstić information content (AvgIpc) is 3.32. The number of aryl methyl sites for hydroxylation is 3. The van der Waals surface area contributed by atoms with Gasteiger partial charge in [-0.15, -0.1) is 10.2 Å². The molecule has 0 saturated heterocycles. The Morgan fingerprint density at radius 2 is 1.78 bits per heavy atom. The van der Waals surface area contributed by atoms with Gasteiger partial charge < -0.3 is 9.30 Å². The number of hydrogen-bond donors (Lipinski definition) is 1. The number of anilines is 1. The highest BCUT2D eigenvalue weighted by Gasteiger charge is 2.19. The summed E-state index contributed by atoms with van der Waals surface area (Å²) in [6.45, 7) is 8.22. The highest BCUT2D eigenvalue weighted by Crippen LogP contribution is 2.23. The van der Waals surface area contributed by atoms with Gasteiger partial charge in [-0.3, -0.25) is 9.29 Å². The summed E-state index contributed by atoms with van der Waals surface area (Å²) in [7, 11) is -3.78. The van der Waals surface area contributed by atoms with Crippen LogP contribution in [-0.2, 0) is 16.6 Å². The predicted molar refractivity (Wildman–Crippen MR) is 119 cm³/mol. The quantitative estimate of drug-likeness (QED) is 0.456. The molecule has 0 amide bonds. The molecule has 10 nitrogen and oxygen atoms in total. The first kappa shape index (κ1) is 21.5. The van der Waals surface area contributed by atoms with Crippen LogP contribution >= 0.6 is 0 Å². The number of ether oxygens (including phenoxy) is 1. The maximum absolute atomic E-state index is 12.6. The van der Waals surface area contributed by atoms with Crippen molar-refractivity contribution in [3.63, 3.8) is 0 Å². The molecule has 32 heavy (non-hydrogen) atoms. The van der Waals surface area contributed by atoms with Crippen LogP contribution in [0.4, 0.5) is 5.69 Å². The summed E-state index contributed by atoms with van der Waals surface area (Å²) < 4.78 is 37.0. The highest BCUT2D eigenvalue weighted by atomic mass is 32.2. The second kappa shape index (κ2) is 8.42. The number of aromatic nitrogens is 6. The van der Waals surface area contributed by atoms with E-state index in [0.29, 0.717) is 35.5 Å². The van der Waals surface area contributed by atoms with Crippen LogP contribution < -0.4 is 9.46 Å². The normalized spacial score (nSPS) is 11.5. The molecule has 0 fully saturated rings. The summed E-state index contributed by atoms with van der Waals surface area (Å²) in [5.41, 5.74) is 2.31. The number of nitrogens with one attached hydrogen (secondary N) is 1. The second-order valence-electron chi connectivity index (χ2n) is 7.16. The first-order chi connectivity index (χ1) is 15.3. The van der Waals surface area contributed by atoms with Crippen LogP contribution in [0.1, 0.15) is 24.1 Å². The van der Waals surface area contributed by atoms with Crippen molar-refractivity contribution in [2.24, 2.45) is 0 Å². The van der Waals surface area contributed by atoms with E-state index in [2.05, 4.69) is 24.9 Å². The fraction of sp³-hybridized carbons (Fsp3) is 0.238. The van der Waals surface area contributed by atoms with Gasteiger partial charge in [0.25, 0.3) is 10.0 Å². The Bertz CT molecular complexity index is 1340. The van der Waals surface area contributed by atoms with Crippen LogP contribution in [-0.4, -0.2) is 37.7 Å². The van der Waals surface area contributed by atoms with Gasteiger partial charge in [0.15, 0.2) is 10.8 Å². The fourth-order valence-electron chi connectivity index (χ4n) is 3.07. The monoisotopic (exact) mass is 453 g/mol. The van der Waals surface area contributed by atoms with E-state index in [9.17, 15) is 8.42 Å². The number of sulfonamides is 1. The minimum absolute atomic E-state index is 0.0177. The summed E-state index contributed by atoms with van der Waals surface area (Å²) >= 11 is 0. The van der Waals surface area contributed by atoms with Crippen LogP contribution in [0.2, 0.25) is 0 Å². The summed E-state index contributed by atoms with van der Waals surface area (Å²) in [6, 6.07) is 10.0. The molecule has 0 aliphatic heterocycles. The molecule has 3 heterocycles. The zero-order chi connectivity index (χ0) is 22.9. The predicted octanol–water partition coefficient (Wildman–Crippen LogP) is 3.40. The van der Waals surface area contributed by atoms with Crippen molar-refractivity contribution in [2.75, 3.05) is 4.72 Å². The first-order valence-corrected chi connectivity index (χ1v) is 11.4.